The zero-order chi connectivity index (χ0) is 37.6. The lowest BCUT2D eigenvalue weighted by Crippen LogP contribution is -2.16. The monoisotopic (exact) mass is 714 g/mol. The summed E-state index contributed by atoms with van der Waals surface area (Å²) < 4.78 is 16.9. The van der Waals surface area contributed by atoms with Crippen molar-refractivity contribution in [3.05, 3.63) is 180 Å². The summed E-state index contributed by atoms with van der Waals surface area (Å²) in [6.07, 6.45) is 0. The summed E-state index contributed by atoms with van der Waals surface area (Å²) in [6.45, 7) is 0. The van der Waals surface area contributed by atoms with Gasteiger partial charge >= 0.3 is 17.9 Å². The Hall–Kier alpha value is -7.65. The molecule has 0 heterocycles. The van der Waals surface area contributed by atoms with E-state index >= 15 is 0 Å². The van der Waals surface area contributed by atoms with E-state index in [2.05, 4.69) is 0 Å². The maximum absolute atomic E-state index is 13.5. The first kappa shape index (κ1) is 34.8. The minimum absolute atomic E-state index is 0.0932. The van der Waals surface area contributed by atoms with Gasteiger partial charge in [-0.2, -0.15) is 0 Å². The molecule has 0 aliphatic rings. The van der Waals surface area contributed by atoms with E-state index in [0.717, 1.165) is 33.4 Å². The molecule has 3 N–H and O–H groups in total. The first-order valence-electron chi connectivity index (χ1n) is 16.7. The van der Waals surface area contributed by atoms with Gasteiger partial charge in [0.15, 0.2) is 0 Å². The summed E-state index contributed by atoms with van der Waals surface area (Å²) in [6, 6.07) is 44.0. The molecule has 0 aliphatic carbocycles. The van der Waals surface area contributed by atoms with Gasteiger partial charge in [-0.3, -0.25) is 0 Å². The van der Waals surface area contributed by atoms with Gasteiger partial charge in [0.05, 0.1) is 16.7 Å². The molecule has 0 aliphatic heterocycles. The largest absolute Gasteiger partial charge is 0.508 e. The number of benzene rings is 7. The van der Waals surface area contributed by atoms with Crippen molar-refractivity contribution in [1.82, 2.24) is 0 Å². The fraction of sp³-hybridized carbons (Fsp3) is 0. The molecule has 0 fully saturated rings. The molecule has 0 aromatic heterocycles. The van der Waals surface area contributed by atoms with E-state index in [1.807, 2.05) is 0 Å². The fourth-order valence-electron chi connectivity index (χ4n) is 5.59. The van der Waals surface area contributed by atoms with E-state index in [4.69, 9.17) is 14.2 Å². The van der Waals surface area contributed by atoms with Crippen LogP contribution in [0.5, 0.6) is 34.5 Å². The summed E-state index contributed by atoms with van der Waals surface area (Å²) in [5.41, 5.74) is 4.77. The van der Waals surface area contributed by atoms with Crippen molar-refractivity contribution >= 4 is 17.9 Å². The Morgan fingerprint density at radius 2 is 0.481 bits per heavy atom. The van der Waals surface area contributed by atoms with Crippen LogP contribution in [0.25, 0.3) is 33.4 Å². The van der Waals surface area contributed by atoms with Gasteiger partial charge in [0.1, 0.15) is 34.5 Å². The van der Waals surface area contributed by atoms with Crippen molar-refractivity contribution < 1.29 is 43.9 Å². The topological polar surface area (TPSA) is 140 Å². The number of carbonyl (C=O) groups is 3. The van der Waals surface area contributed by atoms with Crippen LogP contribution in [0.3, 0.4) is 0 Å². The lowest BCUT2D eigenvalue weighted by Gasteiger charge is -2.11. The van der Waals surface area contributed by atoms with Gasteiger partial charge in [0.2, 0.25) is 0 Å². The summed E-state index contributed by atoms with van der Waals surface area (Å²) in [5.74, 6) is -1.37. The number of carbonyl (C=O) groups excluding carboxylic acids is 3. The van der Waals surface area contributed by atoms with Gasteiger partial charge in [-0.15, -0.1) is 0 Å². The highest BCUT2D eigenvalue weighted by Gasteiger charge is 2.21. The van der Waals surface area contributed by atoms with E-state index in [0.29, 0.717) is 0 Å². The molecule has 9 heteroatoms. The number of ether oxygens (including phenoxy) is 3. The molecule has 0 saturated carbocycles. The summed E-state index contributed by atoms with van der Waals surface area (Å²) in [7, 11) is 0. The third kappa shape index (κ3) is 8.28. The Kier molecular flexibility index (Phi) is 9.86. The number of hydrogen-bond acceptors (Lipinski definition) is 9. The van der Waals surface area contributed by atoms with Gasteiger partial charge in [0, 0.05) is 0 Å². The second kappa shape index (κ2) is 15.3. The van der Waals surface area contributed by atoms with Crippen molar-refractivity contribution in [2.75, 3.05) is 0 Å². The second-order valence-corrected chi connectivity index (χ2v) is 12.2. The van der Waals surface area contributed by atoms with Crippen LogP contribution in [0.4, 0.5) is 0 Å². The Morgan fingerprint density at radius 1 is 0.296 bits per heavy atom. The van der Waals surface area contributed by atoms with Gasteiger partial charge in [0.25, 0.3) is 0 Å². The van der Waals surface area contributed by atoms with Crippen LogP contribution in [0.15, 0.2) is 164 Å². The van der Waals surface area contributed by atoms with E-state index < -0.39 is 17.9 Å². The summed E-state index contributed by atoms with van der Waals surface area (Å²) >= 11 is 0. The highest BCUT2D eigenvalue weighted by Crippen LogP contribution is 2.28. The minimum Gasteiger partial charge on any atom is -0.508 e. The van der Waals surface area contributed by atoms with Crippen LogP contribution in [-0.4, -0.2) is 33.2 Å². The molecule has 0 atom stereocenters. The third-order valence-electron chi connectivity index (χ3n) is 8.44. The SMILES string of the molecule is O=C(Oc1ccc(-c2ccc(O)cc2)cc1)c1cc(C(=O)Oc2ccc(-c3ccc(O)cc3)cc2)cc(C(=O)Oc2ccc(-c3ccc(O)cc3)cc2)c1. The molecule has 9 nitrogen and oxygen atoms in total. The number of hydrogen-bond donors (Lipinski definition) is 3. The number of rotatable bonds is 9. The number of esters is 3. The predicted molar refractivity (Wildman–Crippen MR) is 202 cm³/mol. The molecule has 7 aromatic rings. The third-order valence-corrected chi connectivity index (χ3v) is 8.44. The Morgan fingerprint density at radius 3 is 0.685 bits per heavy atom. The van der Waals surface area contributed by atoms with Crippen molar-refractivity contribution in [1.29, 1.82) is 0 Å². The first-order chi connectivity index (χ1) is 26.2. The number of phenolic OH excluding ortho intramolecular Hbond substituents is 3. The lowest BCUT2D eigenvalue weighted by atomic mass is 10.0. The quantitative estimate of drug-likeness (QED) is 0.0985. The highest BCUT2D eigenvalue weighted by molar-refractivity contribution is 6.02. The van der Waals surface area contributed by atoms with Crippen molar-refractivity contribution in [3.8, 4) is 67.9 Å². The van der Waals surface area contributed by atoms with E-state index in [1.165, 1.54) is 18.2 Å². The number of aromatic hydroxyl groups is 3. The van der Waals surface area contributed by atoms with E-state index in [1.54, 1.807) is 146 Å². The zero-order valence-corrected chi connectivity index (χ0v) is 28.4. The normalized spacial score (nSPS) is 10.7. The Bertz CT molecular complexity index is 2140. The molecule has 0 radical (unpaired) electrons. The fourth-order valence-corrected chi connectivity index (χ4v) is 5.59. The van der Waals surface area contributed by atoms with Gasteiger partial charge in [-0.25, -0.2) is 14.4 Å². The van der Waals surface area contributed by atoms with Crippen LogP contribution in [0.2, 0.25) is 0 Å². The molecule has 0 spiro atoms. The first-order valence-corrected chi connectivity index (χ1v) is 16.7. The zero-order valence-electron chi connectivity index (χ0n) is 28.4. The van der Waals surface area contributed by atoms with Crippen LogP contribution < -0.4 is 14.2 Å². The van der Waals surface area contributed by atoms with E-state index in [-0.39, 0.29) is 51.2 Å². The molecule has 0 unspecified atom stereocenters. The molecule has 264 valence electrons. The Labute approximate surface area is 309 Å². The predicted octanol–water partition coefficient (Wildman–Crippen LogP) is 9.46. The smallest absolute Gasteiger partial charge is 0.343 e. The van der Waals surface area contributed by atoms with Gasteiger partial charge < -0.3 is 29.5 Å². The molecule has 0 saturated heterocycles. The maximum atomic E-state index is 13.5. The summed E-state index contributed by atoms with van der Waals surface area (Å²) in [5, 5.41) is 28.8. The highest BCUT2D eigenvalue weighted by atomic mass is 16.5. The average Bonchev–Trinajstić information content (AvgIpc) is 3.19. The van der Waals surface area contributed by atoms with Crippen LogP contribution in [-0.2, 0) is 0 Å². The van der Waals surface area contributed by atoms with Gasteiger partial charge in [-0.1, -0.05) is 72.8 Å². The van der Waals surface area contributed by atoms with Crippen molar-refractivity contribution in [2.24, 2.45) is 0 Å². The molecule has 0 amide bonds. The molecular weight excluding hydrogens is 684 g/mol. The average molecular weight is 715 g/mol. The molecular formula is C45H30O9. The second-order valence-electron chi connectivity index (χ2n) is 12.2. The van der Waals surface area contributed by atoms with Crippen LogP contribution in [0.1, 0.15) is 31.1 Å². The van der Waals surface area contributed by atoms with Gasteiger partial charge in [-0.05, 0) is 124 Å². The molecule has 7 rings (SSSR count). The standard InChI is InChI=1S/C45H30O9/c46-37-13-1-28(2-14-37)31-7-19-40(20-8-31)52-43(49)34-25-35(44(50)53-41-21-9-32(10-22-41)29-3-15-38(47)16-4-29)27-36(26-34)45(51)54-42-23-11-33(12-24-42)30-5-17-39(48)18-6-30/h1-27,46-48H. The van der Waals surface area contributed by atoms with Crippen molar-refractivity contribution in [3.63, 3.8) is 0 Å². The Balaban J connectivity index is 1.12. The molecule has 7 aromatic carbocycles. The van der Waals surface area contributed by atoms with E-state index in [9.17, 15) is 29.7 Å². The molecule has 54 heavy (non-hydrogen) atoms. The minimum atomic E-state index is -0.826. The lowest BCUT2D eigenvalue weighted by molar-refractivity contribution is 0.0734. The van der Waals surface area contributed by atoms with Crippen LogP contribution >= 0.6 is 0 Å². The van der Waals surface area contributed by atoms with Crippen molar-refractivity contribution in [2.45, 2.75) is 0 Å². The molecule has 0 bridgehead atoms. The maximum Gasteiger partial charge on any atom is 0.343 e. The number of phenols is 3. The van der Waals surface area contributed by atoms with Crippen LogP contribution in [0, 0.1) is 0 Å². The summed E-state index contributed by atoms with van der Waals surface area (Å²) in [4.78, 5) is 40.4.